The molecule has 0 aromatic heterocycles. The van der Waals surface area contributed by atoms with E-state index < -0.39 is 11.8 Å². The van der Waals surface area contributed by atoms with Gasteiger partial charge in [-0.3, -0.25) is 14.8 Å². The Balaban J connectivity index is 0.00000108. The Kier molecular flexibility index (Phi) is 3.05. The molecule has 0 fully saturated rings. The Hall–Kier alpha value is -1.20. The van der Waals surface area contributed by atoms with Gasteiger partial charge < -0.3 is 0 Å². The predicted octanol–water partition coefficient (Wildman–Crippen LogP) is 1.44. The normalized spacial score (nSPS) is 13.8. The summed E-state index contributed by atoms with van der Waals surface area (Å²) in [6, 6.07) is 10.6. The molecule has 0 aliphatic carbocycles. The molecule has 79 valence electrons. The maximum absolute atomic E-state index is 11.7. The van der Waals surface area contributed by atoms with E-state index in [-0.39, 0.29) is 45.7 Å². The van der Waals surface area contributed by atoms with E-state index in [0.717, 1.165) is 5.39 Å². The molecule has 0 saturated heterocycles. The van der Waals surface area contributed by atoms with E-state index in [1.165, 1.54) is 0 Å². The quantitative estimate of drug-likeness (QED) is 0.428. The average molecular weight is 236 g/mol. The van der Waals surface area contributed by atoms with Crippen LogP contribution in [-0.2, 0) is 0 Å². The molecule has 0 bridgehead atoms. The SMILES string of the molecule is O=C1c2ccc3ccccc3c2C(=O)N1O.[Na]. The Morgan fingerprint density at radius 2 is 1.65 bits per heavy atom. The number of carbonyl (C=O) groups excluding carboxylic acids is 2. The smallest absolute Gasteiger partial charge is 0.278 e. The van der Waals surface area contributed by atoms with Gasteiger partial charge in [0.25, 0.3) is 11.8 Å². The fourth-order valence-electron chi connectivity index (χ4n) is 1.99. The maximum atomic E-state index is 11.7. The minimum Gasteiger partial charge on any atom is -0.278 e. The van der Waals surface area contributed by atoms with Crippen LogP contribution in [0.5, 0.6) is 0 Å². The summed E-state index contributed by atoms with van der Waals surface area (Å²) < 4.78 is 0. The summed E-state index contributed by atoms with van der Waals surface area (Å²) in [6.07, 6.45) is 0. The summed E-state index contributed by atoms with van der Waals surface area (Å²) >= 11 is 0. The second-order valence-corrected chi connectivity index (χ2v) is 3.63. The molecule has 2 amide bonds. The second kappa shape index (κ2) is 4.23. The molecule has 1 N–H and O–H groups in total. The summed E-state index contributed by atoms with van der Waals surface area (Å²) in [4.78, 5) is 23.2. The molecular formula is C12H7NNaO3. The number of hydrogen-bond acceptors (Lipinski definition) is 3. The van der Waals surface area contributed by atoms with E-state index >= 15 is 0 Å². The van der Waals surface area contributed by atoms with E-state index in [1.54, 1.807) is 24.3 Å². The van der Waals surface area contributed by atoms with Gasteiger partial charge in [0.15, 0.2) is 0 Å². The first-order chi connectivity index (χ1) is 7.70. The third-order valence-electron chi connectivity index (χ3n) is 2.76. The molecule has 0 saturated carbocycles. The van der Waals surface area contributed by atoms with Gasteiger partial charge in [-0.25, -0.2) is 0 Å². The fraction of sp³-hybridized carbons (Fsp3) is 0. The Labute approximate surface area is 119 Å². The fourth-order valence-corrected chi connectivity index (χ4v) is 1.99. The third kappa shape index (κ3) is 1.61. The predicted molar refractivity (Wildman–Crippen MR) is 62.0 cm³/mol. The van der Waals surface area contributed by atoms with Crippen LogP contribution in [0.4, 0.5) is 0 Å². The van der Waals surface area contributed by atoms with Crippen LogP contribution < -0.4 is 0 Å². The van der Waals surface area contributed by atoms with Crippen molar-refractivity contribution >= 4 is 52.1 Å². The zero-order valence-electron chi connectivity index (χ0n) is 9.18. The molecule has 4 nitrogen and oxygen atoms in total. The first-order valence-corrected chi connectivity index (χ1v) is 4.79. The van der Waals surface area contributed by atoms with Gasteiger partial charge in [-0.1, -0.05) is 30.3 Å². The van der Waals surface area contributed by atoms with Crippen molar-refractivity contribution in [1.29, 1.82) is 0 Å². The molecular weight excluding hydrogens is 229 g/mol. The monoisotopic (exact) mass is 236 g/mol. The molecule has 1 aliphatic rings. The van der Waals surface area contributed by atoms with Crippen LogP contribution in [0.25, 0.3) is 10.8 Å². The largest absolute Gasteiger partial charge is 0.286 e. The maximum Gasteiger partial charge on any atom is 0.286 e. The van der Waals surface area contributed by atoms with Crippen molar-refractivity contribution in [2.24, 2.45) is 0 Å². The van der Waals surface area contributed by atoms with Crippen LogP contribution >= 0.6 is 0 Å². The first kappa shape index (κ1) is 12.3. The summed E-state index contributed by atoms with van der Waals surface area (Å²) in [5.41, 5.74) is 0.539. The van der Waals surface area contributed by atoms with Crippen LogP contribution in [-0.4, -0.2) is 51.6 Å². The van der Waals surface area contributed by atoms with E-state index in [2.05, 4.69) is 0 Å². The number of amides is 2. The van der Waals surface area contributed by atoms with Crippen molar-refractivity contribution in [2.45, 2.75) is 0 Å². The molecule has 5 heteroatoms. The molecule has 1 radical (unpaired) electrons. The minimum absolute atomic E-state index is 0. The number of hydroxylamine groups is 2. The molecule has 17 heavy (non-hydrogen) atoms. The summed E-state index contributed by atoms with van der Waals surface area (Å²) in [5.74, 6) is -1.32. The summed E-state index contributed by atoms with van der Waals surface area (Å²) in [7, 11) is 0. The van der Waals surface area contributed by atoms with Crippen molar-refractivity contribution in [2.75, 3.05) is 0 Å². The number of hydrogen-bond donors (Lipinski definition) is 1. The molecule has 0 atom stereocenters. The van der Waals surface area contributed by atoms with Crippen LogP contribution in [0, 0.1) is 0 Å². The number of carbonyl (C=O) groups is 2. The molecule has 3 rings (SSSR count). The van der Waals surface area contributed by atoms with Gasteiger partial charge in [-0.15, -0.1) is 5.06 Å². The van der Waals surface area contributed by atoms with E-state index in [4.69, 9.17) is 0 Å². The Morgan fingerprint density at radius 3 is 2.41 bits per heavy atom. The molecule has 0 unspecified atom stereocenters. The van der Waals surface area contributed by atoms with Gasteiger partial charge in [-0.2, -0.15) is 0 Å². The first-order valence-electron chi connectivity index (χ1n) is 4.79. The number of nitrogens with zero attached hydrogens (tertiary/aromatic N) is 1. The summed E-state index contributed by atoms with van der Waals surface area (Å²) in [6.45, 7) is 0. The van der Waals surface area contributed by atoms with Crippen LogP contribution in [0.2, 0.25) is 0 Å². The number of benzene rings is 2. The van der Waals surface area contributed by atoms with Gasteiger partial charge in [-0.05, 0) is 16.8 Å². The molecule has 1 aliphatic heterocycles. The van der Waals surface area contributed by atoms with Crippen molar-refractivity contribution < 1.29 is 14.8 Å². The Morgan fingerprint density at radius 1 is 0.941 bits per heavy atom. The minimum atomic E-state index is -0.661. The second-order valence-electron chi connectivity index (χ2n) is 3.63. The molecule has 2 aromatic carbocycles. The summed E-state index contributed by atoms with van der Waals surface area (Å²) in [5, 5.41) is 11.0. The molecule has 1 heterocycles. The average Bonchev–Trinajstić information content (AvgIpc) is 2.55. The topological polar surface area (TPSA) is 57.6 Å². The van der Waals surface area contributed by atoms with E-state index in [0.29, 0.717) is 5.39 Å². The van der Waals surface area contributed by atoms with Gasteiger partial charge in [0.2, 0.25) is 0 Å². The van der Waals surface area contributed by atoms with Gasteiger partial charge in [0, 0.05) is 29.6 Å². The van der Waals surface area contributed by atoms with Crippen LogP contribution in [0.1, 0.15) is 20.7 Å². The van der Waals surface area contributed by atoms with E-state index in [9.17, 15) is 14.8 Å². The van der Waals surface area contributed by atoms with Crippen molar-refractivity contribution in [1.82, 2.24) is 5.06 Å². The van der Waals surface area contributed by atoms with Gasteiger partial charge in [0.1, 0.15) is 0 Å². The van der Waals surface area contributed by atoms with E-state index in [1.807, 2.05) is 12.1 Å². The zero-order valence-corrected chi connectivity index (χ0v) is 11.2. The van der Waals surface area contributed by atoms with Crippen molar-refractivity contribution in [3.63, 3.8) is 0 Å². The number of fused-ring (bicyclic) bond motifs is 3. The van der Waals surface area contributed by atoms with Gasteiger partial charge in [0.05, 0.1) is 11.1 Å². The standard InChI is InChI=1S/C12H7NO3.Na/c14-11-9-6-5-7-3-1-2-4-8(7)10(9)12(15)13(11)16;/h1-6,16H;. The van der Waals surface area contributed by atoms with Crippen LogP contribution in [0.3, 0.4) is 0 Å². The number of rotatable bonds is 0. The third-order valence-corrected chi connectivity index (χ3v) is 2.76. The Bertz CT molecular complexity index is 639. The van der Waals surface area contributed by atoms with Crippen LogP contribution in [0.15, 0.2) is 36.4 Å². The number of imide groups is 1. The van der Waals surface area contributed by atoms with Crippen molar-refractivity contribution in [3.05, 3.63) is 47.5 Å². The molecule has 0 spiro atoms. The molecule has 2 aromatic rings. The van der Waals surface area contributed by atoms with Gasteiger partial charge >= 0.3 is 0 Å². The zero-order chi connectivity index (χ0) is 11.3. The van der Waals surface area contributed by atoms with Crippen molar-refractivity contribution in [3.8, 4) is 0 Å².